The van der Waals surface area contributed by atoms with Crippen LogP contribution in [0.15, 0.2) is 48.5 Å². The van der Waals surface area contributed by atoms with Crippen molar-refractivity contribution < 1.29 is 9.59 Å². The zero-order valence-corrected chi connectivity index (χ0v) is 19.1. The smallest absolute Gasteiger partial charge is 0.321 e. The first kappa shape index (κ1) is 22.0. The number of urea groups is 1. The number of aryl methyl sites for hydroxylation is 2. The molecular weight excluding hydrogens is 422 g/mol. The minimum absolute atomic E-state index is 0.0804. The second kappa shape index (κ2) is 9.91. The molecule has 7 nitrogen and oxygen atoms in total. The van der Waals surface area contributed by atoms with E-state index in [1.165, 1.54) is 16.9 Å². The molecule has 1 aromatic heterocycles. The van der Waals surface area contributed by atoms with E-state index in [2.05, 4.69) is 27.8 Å². The topological polar surface area (TPSA) is 87.2 Å². The Labute approximate surface area is 191 Å². The molecule has 0 unspecified atom stereocenters. The van der Waals surface area contributed by atoms with Gasteiger partial charge in [-0.3, -0.25) is 4.79 Å². The Morgan fingerprint density at radius 3 is 2.25 bits per heavy atom. The zero-order valence-electron chi connectivity index (χ0n) is 18.3. The first-order valence-electron chi connectivity index (χ1n) is 10.9. The zero-order chi connectivity index (χ0) is 22.5. The predicted octanol–water partition coefficient (Wildman–Crippen LogP) is 5.07. The number of hydrogen-bond donors (Lipinski definition) is 2. The normalized spacial score (nSPS) is 14.2. The third-order valence-electron chi connectivity index (χ3n) is 5.69. The molecular formula is C24H27N5O2S. The summed E-state index contributed by atoms with van der Waals surface area (Å²) in [5, 5.41) is 15.4. The van der Waals surface area contributed by atoms with Gasteiger partial charge < -0.3 is 15.5 Å². The number of aromatic nitrogens is 2. The summed E-state index contributed by atoms with van der Waals surface area (Å²) in [5.41, 5.74) is 3.92. The molecule has 166 valence electrons. The first-order valence-corrected chi connectivity index (χ1v) is 11.7. The van der Waals surface area contributed by atoms with Crippen LogP contribution in [-0.2, 0) is 6.42 Å². The SMILES string of the molecule is CCc1ccc(NC(=O)N2CCC(c3nnc(C(=O)Nc4ccc(C)cc4)s3)CC2)cc1. The van der Waals surface area contributed by atoms with Gasteiger partial charge in [0.2, 0.25) is 5.01 Å². The van der Waals surface area contributed by atoms with Crippen LogP contribution in [-0.4, -0.2) is 40.1 Å². The lowest BCUT2D eigenvalue weighted by Crippen LogP contribution is -2.40. The third kappa shape index (κ3) is 5.31. The van der Waals surface area contributed by atoms with Gasteiger partial charge in [-0.05, 0) is 56.0 Å². The average molecular weight is 450 g/mol. The lowest BCUT2D eigenvalue weighted by molar-refractivity contribution is 0.102. The summed E-state index contributed by atoms with van der Waals surface area (Å²) in [6, 6.07) is 15.5. The van der Waals surface area contributed by atoms with E-state index in [1.807, 2.05) is 60.4 Å². The fourth-order valence-corrected chi connectivity index (χ4v) is 4.58. The fourth-order valence-electron chi connectivity index (χ4n) is 3.67. The number of nitrogens with zero attached hydrogens (tertiary/aromatic N) is 3. The number of piperidine rings is 1. The Balaban J connectivity index is 1.29. The quantitative estimate of drug-likeness (QED) is 0.569. The molecule has 3 aromatic rings. The summed E-state index contributed by atoms with van der Waals surface area (Å²) >= 11 is 1.33. The van der Waals surface area contributed by atoms with E-state index < -0.39 is 0 Å². The molecule has 1 aliphatic heterocycles. The minimum atomic E-state index is -0.247. The van der Waals surface area contributed by atoms with Crippen LogP contribution in [0.3, 0.4) is 0 Å². The fraction of sp³-hybridized carbons (Fsp3) is 0.333. The van der Waals surface area contributed by atoms with Crippen LogP contribution in [0.5, 0.6) is 0 Å². The lowest BCUT2D eigenvalue weighted by atomic mass is 9.98. The molecule has 0 atom stereocenters. The standard InChI is InChI=1S/C24H27N5O2S/c1-3-17-6-10-20(11-7-17)26-24(31)29-14-12-18(13-15-29)22-27-28-23(32-22)21(30)25-19-8-4-16(2)5-9-19/h4-11,18H,3,12-15H2,1-2H3,(H,25,30)(H,26,31). The molecule has 2 N–H and O–H groups in total. The molecule has 0 aliphatic carbocycles. The Morgan fingerprint density at radius 1 is 0.969 bits per heavy atom. The highest BCUT2D eigenvalue weighted by atomic mass is 32.1. The third-order valence-corrected chi connectivity index (χ3v) is 6.77. The molecule has 0 saturated carbocycles. The Kier molecular flexibility index (Phi) is 6.80. The van der Waals surface area contributed by atoms with Crippen molar-refractivity contribution in [2.24, 2.45) is 0 Å². The van der Waals surface area contributed by atoms with E-state index in [9.17, 15) is 9.59 Å². The van der Waals surface area contributed by atoms with Gasteiger partial charge in [0.25, 0.3) is 5.91 Å². The van der Waals surface area contributed by atoms with Gasteiger partial charge in [0.15, 0.2) is 0 Å². The molecule has 0 bridgehead atoms. The number of likely N-dealkylation sites (tertiary alicyclic amines) is 1. The van der Waals surface area contributed by atoms with Gasteiger partial charge in [0.05, 0.1) is 0 Å². The van der Waals surface area contributed by atoms with Crippen molar-refractivity contribution in [1.29, 1.82) is 0 Å². The van der Waals surface area contributed by atoms with E-state index in [0.29, 0.717) is 18.1 Å². The first-order chi connectivity index (χ1) is 15.5. The lowest BCUT2D eigenvalue weighted by Gasteiger charge is -2.31. The molecule has 2 heterocycles. The Hall–Kier alpha value is -3.26. The van der Waals surface area contributed by atoms with Crippen molar-refractivity contribution in [3.8, 4) is 0 Å². The summed E-state index contributed by atoms with van der Waals surface area (Å²) in [6.45, 7) is 5.40. The molecule has 8 heteroatoms. The van der Waals surface area contributed by atoms with Crippen molar-refractivity contribution >= 4 is 34.6 Å². The number of rotatable bonds is 5. The monoisotopic (exact) mass is 449 g/mol. The summed E-state index contributed by atoms with van der Waals surface area (Å²) < 4.78 is 0. The van der Waals surface area contributed by atoms with Crippen LogP contribution in [0.2, 0.25) is 0 Å². The van der Waals surface area contributed by atoms with Crippen LogP contribution in [0.1, 0.15) is 51.6 Å². The van der Waals surface area contributed by atoms with Crippen LogP contribution in [0.4, 0.5) is 16.2 Å². The molecule has 2 aromatic carbocycles. The summed E-state index contributed by atoms with van der Waals surface area (Å²) in [5.74, 6) is -0.0372. The van der Waals surface area contributed by atoms with Crippen molar-refractivity contribution in [2.75, 3.05) is 23.7 Å². The number of nitrogens with one attached hydrogen (secondary N) is 2. The van der Waals surface area contributed by atoms with E-state index >= 15 is 0 Å². The van der Waals surface area contributed by atoms with Crippen molar-refractivity contribution in [3.05, 3.63) is 69.7 Å². The number of benzene rings is 2. The molecule has 1 aliphatic rings. The number of carbonyl (C=O) groups excluding carboxylic acids is 2. The number of amides is 3. The van der Waals surface area contributed by atoms with Gasteiger partial charge in [-0.1, -0.05) is 48.1 Å². The predicted molar refractivity (Wildman–Crippen MR) is 127 cm³/mol. The minimum Gasteiger partial charge on any atom is -0.324 e. The summed E-state index contributed by atoms with van der Waals surface area (Å²) in [7, 11) is 0. The van der Waals surface area contributed by atoms with Crippen molar-refractivity contribution in [3.63, 3.8) is 0 Å². The van der Waals surface area contributed by atoms with Crippen molar-refractivity contribution in [2.45, 2.75) is 39.0 Å². The van der Waals surface area contributed by atoms with E-state index in [-0.39, 0.29) is 17.9 Å². The van der Waals surface area contributed by atoms with Gasteiger partial charge in [0.1, 0.15) is 5.01 Å². The van der Waals surface area contributed by atoms with Crippen molar-refractivity contribution in [1.82, 2.24) is 15.1 Å². The molecule has 1 fully saturated rings. The number of anilines is 2. The Bertz CT molecular complexity index is 1070. The van der Waals surface area contributed by atoms with E-state index in [4.69, 9.17) is 0 Å². The maximum Gasteiger partial charge on any atom is 0.321 e. The largest absolute Gasteiger partial charge is 0.324 e. The maximum atomic E-state index is 12.6. The molecule has 1 saturated heterocycles. The molecule has 32 heavy (non-hydrogen) atoms. The molecule has 0 radical (unpaired) electrons. The van der Waals surface area contributed by atoms with E-state index in [1.54, 1.807) is 0 Å². The highest BCUT2D eigenvalue weighted by molar-refractivity contribution is 7.13. The highest BCUT2D eigenvalue weighted by Crippen LogP contribution is 2.30. The summed E-state index contributed by atoms with van der Waals surface area (Å²) in [4.78, 5) is 26.9. The van der Waals surface area contributed by atoms with Crippen LogP contribution in [0, 0.1) is 6.92 Å². The highest BCUT2D eigenvalue weighted by Gasteiger charge is 2.27. The van der Waals surface area contributed by atoms with Crippen LogP contribution < -0.4 is 10.6 Å². The molecule has 4 rings (SSSR count). The second-order valence-corrected chi connectivity index (χ2v) is 9.02. The van der Waals surface area contributed by atoms with Gasteiger partial charge in [-0.15, -0.1) is 10.2 Å². The second-order valence-electron chi connectivity index (χ2n) is 8.01. The molecule has 0 spiro atoms. The maximum absolute atomic E-state index is 12.6. The van der Waals surface area contributed by atoms with Gasteiger partial charge in [-0.2, -0.15) is 0 Å². The average Bonchev–Trinajstić information content (AvgIpc) is 3.32. The summed E-state index contributed by atoms with van der Waals surface area (Å²) in [6.07, 6.45) is 2.58. The van der Waals surface area contributed by atoms with Gasteiger partial charge in [0, 0.05) is 30.4 Å². The van der Waals surface area contributed by atoms with Crippen LogP contribution in [0.25, 0.3) is 0 Å². The Morgan fingerprint density at radius 2 is 1.59 bits per heavy atom. The molecule has 3 amide bonds. The number of carbonyl (C=O) groups is 2. The van der Waals surface area contributed by atoms with Gasteiger partial charge >= 0.3 is 6.03 Å². The van der Waals surface area contributed by atoms with Gasteiger partial charge in [-0.25, -0.2) is 4.79 Å². The van der Waals surface area contributed by atoms with Crippen LogP contribution >= 0.6 is 11.3 Å². The van der Waals surface area contributed by atoms with E-state index in [0.717, 1.165) is 41.2 Å². The number of hydrogen-bond acceptors (Lipinski definition) is 5.